The Balaban J connectivity index is 3.13. The van der Waals surface area contributed by atoms with Gasteiger partial charge in [-0.2, -0.15) is 18.3 Å². The Morgan fingerprint density at radius 1 is 1.35 bits per heavy atom. The minimum atomic E-state index is -4.58. The molecule has 0 aromatic heterocycles. The first-order chi connectivity index (χ1) is 9.16. The van der Waals surface area contributed by atoms with Crippen molar-refractivity contribution in [3.8, 4) is 0 Å². The van der Waals surface area contributed by atoms with Crippen molar-refractivity contribution in [2.45, 2.75) is 19.5 Å². The average molecular weight is 329 g/mol. The van der Waals surface area contributed by atoms with Crippen LogP contribution in [0.5, 0.6) is 0 Å². The Morgan fingerprint density at radius 2 is 1.85 bits per heavy atom. The quantitative estimate of drug-likeness (QED) is 0.640. The molecule has 0 saturated heterocycles. The van der Waals surface area contributed by atoms with Crippen LogP contribution in [0.4, 0.5) is 18.9 Å². The fourth-order valence-corrected chi connectivity index (χ4v) is 1.82. The van der Waals surface area contributed by atoms with Gasteiger partial charge in [0.1, 0.15) is 5.71 Å². The van der Waals surface area contributed by atoms with Crippen molar-refractivity contribution < 1.29 is 23.1 Å². The van der Waals surface area contributed by atoms with Gasteiger partial charge in [-0.3, -0.25) is 5.43 Å². The largest absolute Gasteiger partial charge is 0.477 e. The SMILES string of the molecule is CCC(=NNc1c(Cl)cc(C(F)(F)F)cc1Cl)C(=O)O. The third-order valence-corrected chi connectivity index (χ3v) is 2.85. The first-order valence-corrected chi connectivity index (χ1v) is 6.04. The maximum absolute atomic E-state index is 12.5. The third kappa shape index (κ3) is 4.01. The van der Waals surface area contributed by atoms with Crippen molar-refractivity contribution in [2.24, 2.45) is 5.10 Å². The van der Waals surface area contributed by atoms with Crippen molar-refractivity contribution in [1.82, 2.24) is 0 Å². The van der Waals surface area contributed by atoms with Gasteiger partial charge in [-0.25, -0.2) is 4.79 Å². The topological polar surface area (TPSA) is 61.7 Å². The van der Waals surface area contributed by atoms with E-state index in [1.807, 2.05) is 0 Å². The lowest BCUT2D eigenvalue weighted by Crippen LogP contribution is -2.13. The second kappa shape index (κ2) is 6.32. The molecule has 0 aliphatic heterocycles. The van der Waals surface area contributed by atoms with Gasteiger partial charge in [0.25, 0.3) is 0 Å². The Bertz CT molecular complexity index is 536. The molecule has 0 atom stereocenters. The van der Waals surface area contributed by atoms with E-state index in [0.29, 0.717) is 12.1 Å². The zero-order valence-corrected chi connectivity index (χ0v) is 11.6. The zero-order valence-electron chi connectivity index (χ0n) is 10.1. The maximum atomic E-state index is 12.5. The molecule has 0 fully saturated rings. The molecule has 1 aromatic rings. The van der Waals surface area contributed by atoms with Gasteiger partial charge in [-0.1, -0.05) is 30.1 Å². The molecule has 0 aliphatic rings. The average Bonchev–Trinajstić information content (AvgIpc) is 2.30. The highest BCUT2D eigenvalue weighted by Crippen LogP contribution is 2.38. The number of rotatable bonds is 4. The molecule has 2 N–H and O–H groups in total. The first kappa shape index (κ1) is 16.6. The molecule has 4 nitrogen and oxygen atoms in total. The number of benzene rings is 1. The van der Waals surface area contributed by atoms with E-state index in [2.05, 4.69) is 10.5 Å². The van der Waals surface area contributed by atoms with Gasteiger partial charge in [-0.05, 0) is 18.6 Å². The van der Waals surface area contributed by atoms with Crippen LogP contribution < -0.4 is 5.43 Å². The lowest BCUT2D eigenvalue weighted by atomic mass is 10.2. The third-order valence-electron chi connectivity index (χ3n) is 2.25. The number of alkyl halides is 3. The highest BCUT2D eigenvalue weighted by Gasteiger charge is 2.32. The molecule has 0 aliphatic carbocycles. The standard InChI is InChI=1S/C11H9Cl2F3N2O2/c1-2-8(10(19)20)17-18-9-6(12)3-5(4-7(9)13)11(14,15)16/h3-4,18H,2H2,1H3,(H,19,20). The van der Waals surface area contributed by atoms with Crippen LogP contribution in [0.3, 0.4) is 0 Å². The van der Waals surface area contributed by atoms with E-state index in [1.54, 1.807) is 6.92 Å². The van der Waals surface area contributed by atoms with E-state index >= 15 is 0 Å². The van der Waals surface area contributed by atoms with E-state index < -0.39 is 17.7 Å². The normalized spacial score (nSPS) is 12.4. The molecule has 0 heterocycles. The van der Waals surface area contributed by atoms with Crippen LogP contribution in [0, 0.1) is 0 Å². The summed E-state index contributed by atoms with van der Waals surface area (Å²) in [6, 6.07) is 1.36. The summed E-state index contributed by atoms with van der Waals surface area (Å²) in [7, 11) is 0. The molecule has 0 unspecified atom stereocenters. The van der Waals surface area contributed by atoms with Crippen LogP contribution in [0.15, 0.2) is 17.2 Å². The molecule has 9 heteroatoms. The summed E-state index contributed by atoms with van der Waals surface area (Å²) in [6.07, 6.45) is -4.46. The predicted octanol–water partition coefficient (Wildman–Crippen LogP) is 4.27. The van der Waals surface area contributed by atoms with Gasteiger partial charge in [0.05, 0.1) is 21.3 Å². The van der Waals surface area contributed by atoms with Crippen LogP contribution in [0.25, 0.3) is 0 Å². The van der Waals surface area contributed by atoms with Crippen LogP contribution >= 0.6 is 23.2 Å². The first-order valence-electron chi connectivity index (χ1n) is 5.29. The number of carbonyl (C=O) groups is 1. The van der Waals surface area contributed by atoms with E-state index in [1.165, 1.54) is 0 Å². The van der Waals surface area contributed by atoms with Gasteiger partial charge in [0.2, 0.25) is 0 Å². The van der Waals surface area contributed by atoms with Gasteiger partial charge < -0.3 is 5.11 Å². The summed E-state index contributed by atoms with van der Waals surface area (Å²) in [5.74, 6) is -1.25. The van der Waals surface area contributed by atoms with E-state index in [-0.39, 0.29) is 27.9 Å². The van der Waals surface area contributed by atoms with Gasteiger partial charge in [0.15, 0.2) is 0 Å². The maximum Gasteiger partial charge on any atom is 0.416 e. The molecular weight excluding hydrogens is 320 g/mol. The van der Waals surface area contributed by atoms with Crippen molar-refractivity contribution >= 4 is 40.6 Å². The lowest BCUT2D eigenvalue weighted by Gasteiger charge is -2.12. The Morgan fingerprint density at radius 3 is 2.20 bits per heavy atom. The molecule has 0 saturated carbocycles. The number of hydrogen-bond acceptors (Lipinski definition) is 3. The van der Waals surface area contributed by atoms with Crippen molar-refractivity contribution in [3.05, 3.63) is 27.7 Å². The molecule has 0 radical (unpaired) electrons. The number of halogens is 5. The summed E-state index contributed by atoms with van der Waals surface area (Å²) in [4.78, 5) is 10.7. The molecule has 0 spiro atoms. The summed E-state index contributed by atoms with van der Waals surface area (Å²) >= 11 is 11.4. The fourth-order valence-electron chi connectivity index (χ4n) is 1.25. The Labute approximate surface area is 122 Å². The molecule has 0 bridgehead atoms. The molecule has 110 valence electrons. The van der Waals surface area contributed by atoms with Crippen LogP contribution in [-0.2, 0) is 11.0 Å². The van der Waals surface area contributed by atoms with Crippen molar-refractivity contribution in [2.75, 3.05) is 5.43 Å². The molecule has 1 rings (SSSR count). The summed E-state index contributed by atoms with van der Waals surface area (Å²) in [6.45, 7) is 1.56. The van der Waals surface area contributed by atoms with Gasteiger partial charge in [-0.15, -0.1) is 0 Å². The fraction of sp³-hybridized carbons (Fsp3) is 0.273. The second-order valence-electron chi connectivity index (χ2n) is 3.64. The summed E-state index contributed by atoms with van der Waals surface area (Å²) < 4.78 is 37.5. The number of aliphatic carboxylic acids is 1. The number of carboxylic acid groups (broad SMARTS) is 1. The number of hydrazone groups is 1. The zero-order chi connectivity index (χ0) is 15.5. The molecule has 1 aromatic carbocycles. The highest BCUT2D eigenvalue weighted by atomic mass is 35.5. The minimum absolute atomic E-state index is 0.0893. The Kier molecular flexibility index (Phi) is 5.24. The molecular formula is C11H9Cl2F3N2O2. The smallest absolute Gasteiger partial charge is 0.416 e. The van der Waals surface area contributed by atoms with Crippen molar-refractivity contribution in [1.29, 1.82) is 0 Å². The highest BCUT2D eigenvalue weighted by molar-refractivity contribution is 6.39. The molecule has 20 heavy (non-hydrogen) atoms. The lowest BCUT2D eigenvalue weighted by molar-refractivity contribution is -0.137. The minimum Gasteiger partial charge on any atom is -0.477 e. The van der Waals surface area contributed by atoms with Crippen LogP contribution in [0.2, 0.25) is 10.0 Å². The van der Waals surface area contributed by atoms with Gasteiger partial charge >= 0.3 is 12.1 Å². The summed E-state index contributed by atoms with van der Waals surface area (Å²) in [5.41, 5.74) is 0.964. The van der Waals surface area contributed by atoms with Gasteiger partial charge in [0, 0.05) is 0 Å². The number of nitrogens with zero attached hydrogens (tertiary/aromatic N) is 1. The Hall–Kier alpha value is -1.47. The molecule has 0 amide bonds. The predicted molar refractivity (Wildman–Crippen MR) is 70.4 cm³/mol. The number of anilines is 1. The summed E-state index contributed by atoms with van der Waals surface area (Å²) in [5, 5.41) is 11.7. The van der Waals surface area contributed by atoms with E-state index in [0.717, 1.165) is 0 Å². The number of carboxylic acids is 1. The van der Waals surface area contributed by atoms with Crippen LogP contribution in [0.1, 0.15) is 18.9 Å². The second-order valence-corrected chi connectivity index (χ2v) is 4.46. The monoisotopic (exact) mass is 328 g/mol. The number of nitrogens with one attached hydrogen (secondary N) is 1. The van der Waals surface area contributed by atoms with E-state index in [9.17, 15) is 18.0 Å². The van der Waals surface area contributed by atoms with E-state index in [4.69, 9.17) is 28.3 Å². The number of hydrogen-bond donors (Lipinski definition) is 2. The van der Waals surface area contributed by atoms with Crippen molar-refractivity contribution in [3.63, 3.8) is 0 Å². The van der Waals surface area contributed by atoms with Crippen LogP contribution in [-0.4, -0.2) is 16.8 Å².